The molecule has 3 N–H and O–H groups in total. The van der Waals surface area contributed by atoms with Gasteiger partial charge in [0.05, 0.1) is 4.90 Å². The number of nitrogens with zero attached hydrogens (tertiary/aromatic N) is 1. The van der Waals surface area contributed by atoms with Crippen LogP contribution >= 0.6 is 0 Å². The molecule has 1 aromatic carbocycles. The Kier molecular flexibility index (Phi) is 5.89. The van der Waals surface area contributed by atoms with Gasteiger partial charge in [0.2, 0.25) is 15.1 Å². The first kappa shape index (κ1) is 20.5. The van der Waals surface area contributed by atoms with E-state index >= 15 is 0 Å². The predicted octanol–water partition coefficient (Wildman–Crippen LogP) is 0.684. The van der Waals surface area contributed by atoms with Crippen molar-refractivity contribution in [1.29, 1.82) is 0 Å². The van der Waals surface area contributed by atoms with Crippen LogP contribution in [-0.2, 0) is 26.5 Å². The Balaban J connectivity index is 1.56. The molecule has 3 rings (SSSR count). The zero-order chi connectivity index (χ0) is 20.4. The molecular weight excluding hydrogens is 406 g/mol. The Bertz CT molecular complexity index is 1050. The second kappa shape index (κ2) is 8.03. The molecule has 11 heteroatoms. The van der Waals surface area contributed by atoms with E-state index < -0.39 is 26.0 Å². The molecule has 28 heavy (non-hydrogen) atoms. The lowest BCUT2D eigenvalue weighted by Crippen LogP contribution is -2.27. The van der Waals surface area contributed by atoms with E-state index in [9.17, 15) is 21.6 Å². The van der Waals surface area contributed by atoms with Crippen molar-refractivity contribution in [2.45, 2.75) is 29.3 Å². The van der Waals surface area contributed by atoms with E-state index in [-0.39, 0.29) is 22.3 Å². The Morgan fingerprint density at radius 2 is 1.68 bits per heavy atom. The standard InChI is InChI=1S/C17H21N3O6S2/c18-27(22,23)14-5-3-13(4-6-14)9-10-19-17(21)15-7-8-16(26-15)28(24,25)20-11-1-2-12-20/h3-8H,1-2,9-12H2,(H,19,21)(H2,18,22,23). The molecule has 1 aliphatic rings. The molecule has 0 aliphatic carbocycles. The Morgan fingerprint density at radius 1 is 1.04 bits per heavy atom. The molecule has 1 amide bonds. The van der Waals surface area contributed by atoms with Crippen molar-refractivity contribution >= 4 is 26.0 Å². The number of hydrogen-bond donors (Lipinski definition) is 2. The van der Waals surface area contributed by atoms with Gasteiger partial charge < -0.3 is 9.73 Å². The van der Waals surface area contributed by atoms with Crippen molar-refractivity contribution < 1.29 is 26.0 Å². The molecule has 0 atom stereocenters. The minimum Gasteiger partial charge on any atom is -0.438 e. The number of carbonyl (C=O) groups is 1. The van der Waals surface area contributed by atoms with Gasteiger partial charge in [0, 0.05) is 19.6 Å². The highest BCUT2D eigenvalue weighted by Crippen LogP contribution is 2.22. The lowest BCUT2D eigenvalue weighted by atomic mass is 10.1. The van der Waals surface area contributed by atoms with Crippen LogP contribution in [0.2, 0.25) is 0 Å². The number of amides is 1. The largest absolute Gasteiger partial charge is 0.438 e. The van der Waals surface area contributed by atoms with Gasteiger partial charge in [-0.3, -0.25) is 4.79 Å². The van der Waals surface area contributed by atoms with E-state index in [1.807, 2.05) is 0 Å². The van der Waals surface area contributed by atoms with Crippen LogP contribution in [0.15, 0.2) is 50.8 Å². The van der Waals surface area contributed by atoms with Gasteiger partial charge in [-0.25, -0.2) is 22.0 Å². The number of sulfonamides is 2. The van der Waals surface area contributed by atoms with Gasteiger partial charge >= 0.3 is 0 Å². The topological polar surface area (TPSA) is 140 Å². The van der Waals surface area contributed by atoms with Gasteiger partial charge in [0.1, 0.15) is 0 Å². The van der Waals surface area contributed by atoms with Crippen LogP contribution in [-0.4, -0.2) is 46.7 Å². The van der Waals surface area contributed by atoms with E-state index in [0.717, 1.165) is 18.4 Å². The first-order valence-corrected chi connectivity index (χ1v) is 11.7. The van der Waals surface area contributed by atoms with E-state index in [0.29, 0.717) is 19.5 Å². The monoisotopic (exact) mass is 427 g/mol. The molecule has 9 nitrogen and oxygen atoms in total. The summed E-state index contributed by atoms with van der Waals surface area (Å²) in [6.07, 6.45) is 2.08. The number of primary sulfonamides is 1. The molecule has 1 aromatic heterocycles. The first-order chi connectivity index (χ1) is 13.2. The van der Waals surface area contributed by atoms with Crippen LogP contribution in [0.3, 0.4) is 0 Å². The highest BCUT2D eigenvalue weighted by atomic mass is 32.2. The average molecular weight is 428 g/mol. The fourth-order valence-corrected chi connectivity index (χ4v) is 4.83. The van der Waals surface area contributed by atoms with Crippen molar-refractivity contribution in [3.8, 4) is 0 Å². The summed E-state index contributed by atoms with van der Waals surface area (Å²) < 4.78 is 53.9. The van der Waals surface area contributed by atoms with Gasteiger partial charge in [0.15, 0.2) is 5.76 Å². The minimum absolute atomic E-state index is 0.0163. The highest BCUT2D eigenvalue weighted by molar-refractivity contribution is 7.89. The van der Waals surface area contributed by atoms with E-state index in [4.69, 9.17) is 9.56 Å². The number of nitrogens with two attached hydrogens (primary N) is 1. The number of rotatable bonds is 7. The summed E-state index contributed by atoms with van der Waals surface area (Å²) in [4.78, 5) is 12.2. The second-order valence-electron chi connectivity index (χ2n) is 6.42. The van der Waals surface area contributed by atoms with Gasteiger partial charge in [-0.05, 0) is 49.1 Å². The summed E-state index contributed by atoms with van der Waals surface area (Å²) in [5.41, 5.74) is 0.810. The molecule has 0 spiro atoms. The molecule has 0 unspecified atom stereocenters. The van der Waals surface area contributed by atoms with Crippen molar-refractivity contribution in [3.05, 3.63) is 47.7 Å². The van der Waals surface area contributed by atoms with Gasteiger partial charge in [0.25, 0.3) is 15.9 Å². The summed E-state index contributed by atoms with van der Waals surface area (Å²) in [5.74, 6) is -0.605. The summed E-state index contributed by atoms with van der Waals surface area (Å²) in [7, 11) is -7.44. The number of nitrogens with one attached hydrogen (secondary N) is 1. The minimum atomic E-state index is -3.74. The predicted molar refractivity (Wildman–Crippen MR) is 101 cm³/mol. The molecule has 2 heterocycles. The van der Waals surface area contributed by atoms with Crippen LogP contribution in [0.1, 0.15) is 29.0 Å². The van der Waals surface area contributed by atoms with Crippen LogP contribution in [0, 0.1) is 0 Å². The Hall–Kier alpha value is -2.21. The maximum atomic E-state index is 12.4. The normalized spacial score (nSPS) is 15.6. The fourth-order valence-electron chi connectivity index (χ4n) is 2.89. The Labute approximate surface area is 163 Å². The summed E-state index contributed by atoms with van der Waals surface area (Å²) >= 11 is 0. The quantitative estimate of drug-likeness (QED) is 0.666. The molecule has 2 aromatic rings. The van der Waals surface area contributed by atoms with Gasteiger partial charge in [-0.15, -0.1) is 0 Å². The zero-order valence-corrected chi connectivity index (χ0v) is 16.6. The second-order valence-corrected chi connectivity index (χ2v) is 9.86. The maximum absolute atomic E-state index is 12.4. The zero-order valence-electron chi connectivity index (χ0n) is 15.0. The molecular formula is C17H21N3O6S2. The maximum Gasteiger partial charge on any atom is 0.287 e. The Morgan fingerprint density at radius 3 is 2.29 bits per heavy atom. The molecule has 0 bridgehead atoms. The van der Waals surface area contributed by atoms with Crippen LogP contribution in [0.25, 0.3) is 0 Å². The molecule has 1 saturated heterocycles. The van der Waals surface area contributed by atoms with E-state index in [1.165, 1.54) is 28.6 Å². The number of furan rings is 1. The lowest BCUT2D eigenvalue weighted by molar-refractivity contribution is 0.0921. The van der Waals surface area contributed by atoms with Crippen molar-refractivity contribution in [2.75, 3.05) is 19.6 Å². The third kappa shape index (κ3) is 4.61. The van der Waals surface area contributed by atoms with Crippen LogP contribution < -0.4 is 10.5 Å². The van der Waals surface area contributed by atoms with Crippen molar-refractivity contribution in [1.82, 2.24) is 9.62 Å². The van der Waals surface area contributed by atoms with Crippen LogP contribution in [0.5, 0.6) is 0 Å². The highest BCUT2D eigenvalue weighted by Gasteiger charge is 2.30. The smallest absolute Gasteiger partial charge is 0.287 e. The van der Waals surface area contributed by atoms with Gasteiger partial charge in [-0.2, -0.15) is 4.31 Å². The molecule has 0 radical (unpaired) electrons. The summed E-state index contributed by atoms with van der Waals surface area (Å²) in [5, 5.41) is 7.45. The summed E-state index contributed by atoms with van der Waals surface area (Å²) in [6, 6.07) is 8.63. The number of hydrogen-bond acceptors (Lipinski definition) is 6. The molecule has 0 saturated carbocycles. The average Bonchev–Trinajstić information content (AvgIpc) is 3.34. The first-order valence-electron chi connectivity index (χ1n) is 8.68. The molecule has 152 valence electrons. The van der Waals surface area contributed by atoms with E-state index in [2.05, 4.69) is 5.32 Å². The number of benzene rings is 1. The van der Waals surface area contributed by atoms with E-state index in [1.54, 1.807) is 12.1 Å². The third-order valence-corrected chi connectivity index (χ3v) is 7.12. The molecule has 1 aliphatic heterocycles. The lowest BCUT2D eigenvalue weighted by Gasteiger charge is -2.12. The van der Waals surface area contributed by atoms with Crippen LogP contribution in [0.4, 0.5) is 0 Å². The van der Waals surface area contributed by atoms with Crippen molar-refractivity contribution in [2.24, 2.45) is 5.14 Å². The molecule has 1 fully saturated rings. The summed E-state index contributed by atoms with van der Waals surface area (Å²) in [6.45, 7) is 1.17. The van der Waals surface area contributed by atoms with Gasteiger partial charge in [-0.1, -0.05) is 12.1 Å². The third-order valence-electron chi connectivity index (χ3n) is 4.42. The number of carbonyl (C=O) groups excluding carboxylic acids is 1. The van der Waals surface area contributed by atoms with Crippen molar-refractivity contribution in [3.63, 3.8) is 0 Å². The fraction of sp³-hybridized carbons (Fsp3) is 0.353. The SMILES string of the molecule is NS(=O)(=O)c1ccc(CCNC(=O)c2ccc(S(=O)(=O)N3CCCC3)o2)cc1.